The SMILES string of the molecule is CCOc1ccc(C(=O)NCc2cc3ccccc3[nH]2)cc1C. The lowest BCUT2D eigenvalue weighted by Crippen LogP contribution is -2.23. The van der Waals surface area contributed by atoms with Crippen LogP contribution in [0.15, 0.2) is 48.5 Å². The van der Waals surface area contributed by atoms with Gasteiger partial charge in [-0.25, -0.2) is 0 Å². The van der Waals surface area contributed by atoms with Gasteiger partial charge >= 0.3 is 0 Å². The van der Waals surface area contributed by atoms with Crippen molar-refractivity contribution in [2.75, 3.05) is 6.61 Å². The van der Waals surface area contributed by atoms with Gasteiger partial charge in [0.15, 0.2) is 0 Å². The molecule has 3 aromatic rings. The number of benzene rings is 2. The molecule has 0 aliphatic carbocycles. The molecule has 1 amide bonds. The first-order valence-electron chi connectivity index (χ1n) is 7.75. The second kappa shape index (κ2) is 6.57. The average Bonchev–Trinajstić information content (AvgIpc) is 2.97. The summed E-state index contributed by atoms with van der Waals surface area (Å²) in [6.07, 6.45) is 0. The molecule has 0 fully saturated rings. The molecule has 23 heavy (non-hydrogen) atoms. The third-order valence-electron chi connectivity index (χ3n) is 3.76. The molecule has 118 valence electrons. The summed E-state index contributed by atoms with van der Waals surface area (Å²) in [7, 11) is 0. The molecule has 0 saturated heterocycles. The van der Waals surface area contributed by atoms with Gasteiger partial charge in [-0.15, -0.1) is 0 Å². The van der Waals surface area contributed by atoms with Crippen LogP contribution in [0.25, 0.3) is 10.9 Å². The number of amides is 1. The number of aryl methyl sites for hydroxylation is 1. The lowest BCUT2D eigenvalue weighted by molar-refractivity contribution is 0.0950. The van der Waals surface area contributed by atoms with Crippen LogP contribution in [0.2, 0.25) is 0 Å². The van der Waals surface area contributed by atoms with Crippen molar-refractivity contribution < 1.29 is 9.53 Å². The molecule has 0 unspecified atom stereocenters. The van der Waals surface area contributed by atoms with Gasteiger partial charge in [0.05, 0.1) is 13.2 Å². The molecular formula is C19H20N2O2. The standard InChI is InChI=1S/C19H20N2O2/c1-3-23-18-9-8-15(10-13(18)2)19(22)20-12-16-11-14-6-4-5-7-17(14)21-16/h4-11,21H,3,12H2,1-2H3,(H,20,22). The zero-order valence-electron chi connectivity index (χ0n) is 13.3. The highest BCUT2D eigenvalue weighted by Gasteiger charge is 2.09. The number of aromatic nitrogens is 1. The second-order valence-corrected chi connectivity index (χ2v) is 5.48. The monoisotopic (exact) mass is 308 g/mol. The van der Waals surface area contributed by atoms with E-state index in [9.17, 15) is 4.79 Å². The van der Waals surface area contributed by atoms with Crippen LogP contribution in [0.1, 0.15) is 28.5 Å². The Hall–Kier alpha value is -2.75. The Morgan fingerprint density at radius 2 is 2.00 bits per heavy atom. The Kier molecular flexibility index (Phi) is 4.33. The molecule has 0 radical (unpaired) electrons. The number of para-hydroxylation sites is 1. The fraction of sp³-hybridized carbons (Fsp3) is 0.211. The number of ether oxygens (including phenoxy) is 1. The van der Waals surface area contributed by atoms with E-state index in [1.165, 1.54) is 0 Å². The van der Waals surface area contributed by atoms with Crippen molar-refractivity contribution in [1.82, 2.24) is 10.3 Å². The van der Waals surface area contributed by atoms with Crippen molar-refractivity contribution >= 4 is 16.8 Å². The number of nitrogens with one attached hydrogen (secondary N) is 2. The third kappa shape index (κ3) is 3.37. The molecule has 1 aromatic heterocycles. The molecule has 0 spiro atoms. The fourth-order valence-electron chi connectivity index (χ4n) is 2.61. The van der Waals surface area contributed by atoms with E-state index < -0.39 is 0 Å². The highest BCUT2D eigenvalue weighted by molar-refractivity contribution is 5.94. The van der Waals surface area contributed by atoms with Crippen molar-refractivity contribution in [3.63, 3.8) is 0 Å². The largest absolute Gasteiger partial charge is 0.494 e. The van der Waals surface area contributed by atoms with Gasteiger partial charge in [-0.3, -0.25) is 4.79 Å². The van der Waals surface area contributed by atoms with E-state index in [2.05, 4.69) is 16.4 Å². The molecule has 2 aromatic carbocycles. The number of hydrogen-bond donors (Lipinski definition) is 2. The van der Waals surface area contributed by atoms with Crippen LogP contribution >= 0.6 is 0 Å². The summed E-state index contributed by atoms with van der Waals surface area (Å²) in [6, 6.07) is 15.6. The van der Waals surface area contributed by atoms with Crippen LogP contribution in [0.5, 0.6) is 5.75 Å². The van der Waals surface area contributed by atoms with E-state index in [4.69, 9.17) is 4.74 Å². The Balaban J connectivity index is 1.68. The minimum absolute atomic E-state index is 0.0881. The number of carbonyl (C=O) groups excluding carboxylic acids is 1. The van der Waals surface area contributed by atoms with Crippen molar-refractivity contribution in [1.29, 1.82) is 0 Å². The van der Waals surface area contributed by atoms with E-state index in [0.29, 0.717) is 18.7 Å². The Labute approximate surface area is 135 Å². The Bertz CT molecular complexity index is 803. The first-order valence-corrected chi connectivity index (χ1v) is 7.75. The average molecular weight is 308 g/mol. The summed E-state index contributed by atoms with van der Waals surface area (Å²) in [5, 5.41) is 4.09. The predicted molar refractivity (Wildman–Crippen MR) is 91.8 cm³/mol. The summed E-state index contributed by atoms with van der Waals surface area (Å²) >= 11 is 0. The van der Waals surface area contributed by atoms with Gasteiger partial charge < -0.3 is 15.0 Å². The van der Waals surface area contributed by atoms with Crippen molar-refractivity contribution in [2.24, 2.45) is 0 Å². The molecule has 1 heterocycles. The lowest BCUT2D eigenvalue weighted by atomic mass is 10.1. The predicted octanol–water partition coefficient (Wildman–Crippen LogP) is 3.81. The van der Waals surface area contributed by atoms with Crippen LogP contribution in [0.4, 0.5) is 0 Å². The van der Waals surface area contributed by atoms with Gasteiger partial charge in [0.25, 0.3) is 5.91 Å². The Morgan fingerprint density at radius 3 is 2.74 bits per heavy atom. The number of hydrogen-bond acceptors (Lipinski definition) is 2. The van der Waals surface area contributed by atoms with E-state index in [0.717, 1.165) is 27.9 Å². The molecule has 0 bridgehead atoms. The smallest absolute Gasteiger partial charge is 0.251 e. The summed E-state index contributed by atoms with van der Waals surface area (Å²) in [5.74, 6) is 0.731. The summed E-state index contributed by atoms with van der Waals surface area (Å²) < 4.78 is 5.50. The quantitative estimate of drug-likeness (QED) is 0.753. The molecule has 0 aliphatic rings. The van der Waals surface area contributed by atoms with Gasteiger partial charge in [0, 0.05) is 16.8 Å². The van der Waals surface area contributed by atoms with Crippen LogP contribution in [-0.4, -0.2) is 17.5 Å². The zero-order valence-corrected chi connectivity index (χ0v) is 13.3. The molecule has 0 saturated carbocycles. The van der Waals surface area contributed by atoms with Crippen molar-refractivity contribution in [3.8, 4) is 5.75 Å². The van der Waals surface area contributed by atoms with Crippen LogP contribution in [-0.2, 0) is 6.54 Å². The van der Waals surface area contributed by atoms with E-state index in [1.54, 1.807) is 6.07 Å². The number of rotatable bonds is 5. The summed E-state index contributed by atoms with van der Waals surface area (Å²) in [4.78, 5) is 15.6. The van der Waals surface area contributed by atoms with Gasteiger partial charge in [-0.05, 0) is 55.1 Å². The van der Waals surface area contributed by atoms with Gasteiger partial charge in [-0.2, -0.15) is 0 Å². The van der Waals surface area contributed by atoms with Crippen molar-refractivity contribution in [3.05, 3.63) is 65.4 Å². The first kappa shape index (κ1) is 15.2. The number of H-pyrrole nitrogens is 1. The summed E-state index contributed by atoms with van der Waals surface area (Å²) in [5.41, 5.74) is 3.67. The molecule has 3 rings (SSSR count). The third-order valence-corrected chi connectivity index (χ3v) is 3.76. The van der Waals surface area contributed by atoms with Crippen LogP contribution < -0.4 is 10.1 Å². The number of carbonyl (C=O) groups is 1. The van der Waals surface area contributed by atoms with E-state index in [-0.39, 0.29) is 5.91 Å². The molecule has 4 nitrogen and oxygen atoms in total. The van der Waals surface area contributed by atoms with Gasteiger partial charge in [-0.1, -0.05) is 18.2 Å². The first-order chi connectivity index (χ1) is 11.2. The minimum Gasteiger partial charge on any atom is -0.494 e. The second-order valence-electron chi connectivity index (χ2n) is 5.48. The minimum atomic E-state index is -0.0881. The molecule has 0 aliphatic heterocycles. The highest BCUT2D eigenvalue weighted by atomic mass is 16.5. The van der Waals surface area contributed by atoms with E-state index >= 15 is 0 Å². The number of fused-ring (bicyclic) bond motifs is 1. The fourth-order valence-corrected chi connectivity index (χ4v) is 2.61. The molecule has 0 atom stereocenters. The normalized spacial score (nSPS) is 10.7. The maximum atomic E-state index is 12.3. The highest BCUT2D eigenvalue weighted by Crippen LogP contribution is 2.19. The van der Waals surface area contributed by atoms with Crippen molar-refractivity contribution in [2.45, 2.75) is 20.4 Å². The van der Waals surface area contributed by atoms with Crippen LogP contribution in [0, 0.1) is 6.92 Å². The number of aromatic amines is 1. The molecule has 4 heteroatoms. The van der Waals surface area contributed by atoms with Gasteiger partial charge in [0.2, 0.25) is 0 Å². The maximum absolute atomic E-state index is 12.3. The van der Waals surface area contributed by atoms with E-state index in [1.807, 2.05) is 50.2 Å². The Morgan fingerprint density at radius 1 is 1.17 bits per heavy atom. The maximum Gasteiger partial charge on any atom is 0.251 e. The molecule has 2 N–H and O–H groups in total. The van der Waals surface area contributed by atoms with Crippen LogP contribution in [0.3, 0.4) is 0 Å². The topological polar surface area (TPSA) is 54.1 Å². The summed E-state index contributed by atoms with van der Waals surface area (Å²) in [6.45, 7) is 4.98. The van der Waals surface area contributed by atoms with Gasteiger partial charge in [0.1, 0.15) is 5.75 Å². The molecular weight excluding hydrogens is 288 g/mol. The lowest BCUT2D eigenvalue weighted by Gasteiger charge is -2.09. The zero-order chi connectivity index (χ0) is 16.2.